The molecule has 0 aromatic heterocycles. The van der Waals surface area contributed by atoms with Crippen molar-refractivity contribution >= 4 is 17.6 Å². The lowest BCUT2D eigenvalue weighted by atomic mass is 10.2. The average molecular weight is 361 g/mol. The van der Waals surface area contributed by atoms with Gasteiger partial charge in [-0.25, -0.2) is 4.79 Å². The van der Waals surface area contributed by atoms with Crippen molar-refractivity contribution in [2.75, 3.05) is 31.6 Å². The van der Waals surface area contributed by atoms with Crippen LogP contribution in [0.4, 0.5) is 10.5 Å². The number of ether oxygens (including phenoxy) is 2. The monoisotopic (exact) mass is 361 g/mol. The quantitative estimate of drug-likeness (QED) is 0.815. The molecular formula is C19H27N3O4. The smallest absolute Gasteiger partial charge is 0.322 e. The second-order valence-electron chi connectivity index (χ2n) is 6.62. The van der Waals surface area contributed by atoms with Gasteiger partial charge in [0.15, 0.2) is 0 Å². The Balaban J connectivity index is 1.52. The molecule has 1 aromatic carbocycles. The molecule has 1 aromatic rings. The third-order valence-corrected chi connectivity index (χ3v) is 4.76. The molecule has 0 aliphatic carbocycles. The highest BCUT2D eigenvalue weighted by molar-refractivity contribution is 5.94. The number of hydrogen-bond acceptors (Lipinski definition) is 4. The predicted octanol–water partition coefficient (Wildman–Crippen LogP) is 2.38. The number of urea groups is 1. The lowest BCUT2D eigenvalue weighted by Gasteiger charge is -2.24. The number of carbonyl (C=O) groups excluding carboxylic acids is 2. The van der Waals surface area contributed by atoms with Crippen LogP contribution in [0.15, 0.2) is 24.3 Å². The Morgan fingerprint density at radius 3 is 2.73 bits per heavy atom. The number of hydrogen-bond donors (Lipinski definition) is 2. The predicted molar refractivity (Wildman–Crippen MR) is 98.3 cm³/mol. The number of rotatable bonds is 6. The van der Waals surface area contributed by atoms with Gasteiger partial charge in [0.05, 0.1) is 12.7 Å². The van der Waals surface area contributed by atoms with E-state index in [1.807, 2.05) is 19.1 Å². The van der Waals surface area contributed by atoms with Crippen molar-refractivity contribution in [2.24, 2.45) is 0 Å². The van der Waals surface area contributed by atoms with Crippen LogP contribution < -0.4 is 15.4 Å². The molecule has 2 aliphatic rings. The van der Waals surface area contributed by atoms with E-state index in [0.717, 1.165) is 31.6 Å². The molecule has 142 valence electrons. The van der Waals surface area contributed by atoms with Crippen LogP contribution in [0, 0.1) is 0 Å². The van der Waals surface area contributed by atoms with Gasteiger partial charge in [-0.05, 0) is 56.9 Å². The lowest BCUT2D eigenvalue weighted by Crippen LogP contribution is -2.48. The fraction of sp³-hybridized carbons (Fsp3) is 0.579. The van der Waals surface area contributed by atoms with Gasteiger partial charge in [-0.3, -0.25) is 4.79 Å². The first-order chi connectivity index (χ1) is 12.7. The van der Waals surface area contributed by atoms with Crippen LogP contribution in [0.2, 0.25) is 0 Å². The standard InChI is InChI=1S/C19H27N3O4/c1-2-25-15-9-7-14(8-10-15)21-19(24)22-11-3-6-17(22)18(23)20-13-16-5-4-12-26-16/h7-10,16-17H,2-6,11-13H2,1H3,(H,20,23)(H,21,24)/t16-,17+/m0/s1. The molecular weight excluding hydrogens is 334 g/mol. The minimum absolute atomic E-state index is 0.0974. The van der Waals surface area contributed by atoms with Crippen LogP contribution in [0.5, 0.6) is 5.75 Å². The van der Waals surface area contributed by atoms with Crippen LogP contribution in [-0.4, -0.2) is 55.3 Å². The number of nitrogens with one attached hydrogen (secondary N) is 2. The van der Waals surface area contributed by atoms with Crippen LogP contribution in [0.3, 0.4) is 0 Å². The number of anilines is 1. The van der Waals surface area contributed by atoms with Crippen molar-refractivity contribution < 1.29 is 19.1 Å². The zero-order valence-electron chi connectivity index (χ0n) is 15.2. The Hall–Kier alpha value is -2.28. The van der Waals surface area contributed by atoms with Crippen LogP contribution in [-0.2, 0) is 9.53 Å². The SMILES string of the molecule is CCOc1ccc(NC(=O)N2CCC[C@@H]2C(=O)NC[C@@H]2CCCO2)cc1. The van der Waals surface area contributed by atoms with Gasteiger partial charge >= 0.3 is 6.03 Å². The van der Waals surface area contributed by atoms with Crippen molar-refractivity contribution in [1.29, 1.82) is 0 Å². The topological polar surface area (TPSA) is 79.9 Å². The van der Waals surface area contributed by atoms with Crippen molar-refractivity contribution in [1.82, 2.24) is 10.2 Å². The highest BCUT2D eigenvalue weighted by Gasteiger charge is 2.34. The Morgan fingerprint density at radius 2 is 2.04 bits per heavy atom. The highest BCUT2D eigenvalue weighted by atomic mass is 16.5. The molecule has 0 radical (unpaired) electrons. The van der Waals surface area contributed by atoms with E-state index in [2.05, 4.69) is 10.6 Å². The van der Waals surface area contributed by atoms with Gasteiger partial charge in [-0.2, -0.15) is 0 Å². The molecule has 0 unspecified atom stereocenters. The number of amides is 3. The Kier molecular flexibility index (Phi) is 6.33. The van der Waals surface area contributed by atoms with Gasteiger partial charge in [0, 0.05) is 25.4 Å². The van der Waals surface area contributed by atoms with E-state index < -0.39 is 6.04 Å². The van der Waals surface area contributed by atoms with E-state index in [9.17, 15) is 9.59 Å². The molecule has 2 N–H and O–H groups in total. The Bertz CT molecular complexity index is 614. The van der Waals surface area contributed by atoms with Crippen LogP contribution in [0.1, 0.15) is 32.6 Å². The maximum Gasteiger partial charge on any atom is 0.322 e. The second kappa shape index (κ2) is 8.89. The molecule has 3 amide bonds. The summed E-state index contributed by atoms with van der Waals surface area (Å²) in [5.74, 6) is 0.665. The third kappa shape index (κ3) is 4.66. The first-order valence-corrected chi connectivity index (χ1v) is 9.37. The third-order valence-electron chi connectivity index (χ3n) is 4.76. The molecule has 2 saturated heterocycles. The molecule has 2 fully saturated rings. The number of likely N-dealkylation sites (tertiary alicyclic amines) is 1. The first kappa shape index (κ1) is 18.5. The number of carbonyl (C=O) groups is 2. The number of nitrogens with zero attached hydrogens (tertiary/aromatic N) is 1. The van der Waals surface area contributed by atoms with Crippen molar-refractivity contribution in [3.05, 3.63) is 24.3 Å². The molecule has 2 aliphatic heterocycles. The molecule has 0 saturated carbocycles. The Morgan fingerprint density at radius 1 is 1.23 bits per heavy atom. The Labute approximate surface area is 154 Å². The normalized spacial score (nSPS) is 22.3. The van der Waals surface area contributed by atoms with E-state index in [4.69, 9.17) is 9.47 Å². The molecule has 3 rings (SSSR count). The van der Waals surface area contributed by atoms with E-state index in [1.54, 1.807) is 17.0 Å². The molecule has 0 spiro atoms. The fourth-order valence-electron chi connectivity index (χ4n) is 3.42. The summed E-state index contributed by atoms with van der Waals surface area (Å²) >= 11 is 0. The van der Waals surface area contributed by atoms with Gasteiger partial charge in [-0.15, -0.1) is 0 Å². The molecule has 2 heterocycles. The van der Waals surface area contributed by atoms with Crippen molar-refractivity contribution in [3.63, 3.8) is 0 Å². The molecule has 26 heavy (non-hydrogen) atoms. The van der Waals surface area contributed by atoms with Gasteiger partial charge < -0.3 is 25.0 Å². The summed E-state index contributed by atoms with van der Waals surface area (Å²) in [6.07, 6.45) is 3.64. The highest BCUT2D eigenvalue weighted by Crippen LogP contribution is 2.21. The first-order valence-electron chi connectivity index (χ1n) is 9.37. The van der Waals surface area contributed by atoms with Gasteiger partial charge in [0.1, 0.15) is 11.8 Å². The zero-order chi connectivity index (χ0) is 18.4. The summed E-state index contributed by atoms with van der Waals surface area (Å²) in [6.45, 7) is 4.39. The van der Waals surface area contributed by atoms with Gasteiger partial charge in [0.2, 0.25) is 5.91 Å². The largest absolute Gasteiger partial charge is 0.494 e. The summed E-state index contributed by atoms with van der Waals surface area (Å²) in [5, 5.41) is 5.80. The maximum atomic E-state index is 12.6. The minimum Gasteiger partial charge on any atom is -0.494 e. The minimum atomic E-state index is -0.417. The number of benzene rings is 1. The fourth-order valence-corrected chi connectivity index (χ4v) is 3.42. The van der Waals surface area contributed by atoms with Crippen LogP contribution in [0.25, 0.3) is 0 Å². The summed E-state index contributed by atoms with van der Waals surface area (Å²) in [6, 6.07) is 6.56. The molecule has 0 bridgehead atoms. The van der Waals surface area contributed by atoms with E-state index in [0.29, 0.717) is 31.8 Å². The van der Waals surface area contributed by atoms with Gasteiger partial charge in [-0.1, -0.05) is 0 Å². The van der Waals surface area contributed by atoms with E-state index in [-0.39, 0.29) is 18.0 Å². The van der Waals surface area contributed by atoms with Crippen LogP contribution >= 0.6 is 0 Å². The van der Waals surface area contributed by atoms with E-state index >= 15 is 0 Å². The van der Waals surface area contributed by atoms with Gasteiger partial charge in [0.25, 0.3) is 0 Å². The maximum absolute atomic E-state index is 12.6. The summed E-state index contributed by atoms with van der Waals surface area (Å²) in [4.78, 5) is 26.7. The zero-order valence-corrected chi connectivity index (χ0v) is 15.2. The average Bonchev–Trinajstić information content (AvgIpc) is 3.33. The summed E-state index contributed by atoms with van der Waals surface area (Å²) < 4.78 is 10.9. The molecule has 7 nitrogen and oxygen atoms in total. The lowest BCUT2D eigenvalue weighted by molar-refractivity contribution is -0.125. The van der Waals surface area contributed by atoms with Crippen molar-refractivity contribution in [3.8, 4) is 5.75 Å². The molecule has 7 heteroatoms. The van der Waals surface area contributed by atoms with E-state index in [1.165, 1.54) is 0 Å². The van der Waals surface area contributed by atoms with Crippen molar-refractivity contribution in [2.45, 2.75) is 44.8 Å². The second-order valence-corrected chi connectivity index (χ2v) is 6.62. The summed E-state index contributed by atoms with van der Waals surface area (Å²) in [5.41, 5.74) is 0.684. The molecule has 2 atom stereocenters. The summed E-state index contributed by atoms with van der Waals surface area (Å²) in [7, 11) is 0.